The highest BCUT2D eigenvalue weighted by atomic mass is 19.1. The third-order valence-electron chi connectivity index (χ3n) is 4.46. The molecule has 1 N–H and O–H groups in total. The second-order valence-electron chi connectivity index (χ2n) is 6.33. The number of nitrogens with one attached hydrogen (secondary N) is 1. The molecule has 2 aromatic rings. The van der Waals surface area contributed by atoms with Gasteiger partial charge in [-0.2, -0.15) is 0 Å². The predicted molar refractivity (Wildman–Crippen MR) is 98.3 cm³/mol. The molecule has 27 heavy (non-hydrogen) atoms. The Morgan fingerprint density at radius 1 is 1.26 bits per heavy atom. The molecule has 1 aliphatic rings. The van der Waals surface area contributed by atoms with E-state index in [0.29, 0.717) is 37.4 Å². The molecule has 0 aromatic heterocycles. The van der Waals surface area contributed by atoms with Crippen LogP contribution in [0.4, 0.5) is 15.8 Å². The summed E-state index contributed by atoms with van der Waals surface area (Å²) in [5.74, 6) is -0.580. The van der Waals surface area contributed by atoms with Crippen LogP contribution in [-0.4, -0.2) is 42.0 Å². The second kappa shape index (κ2) is 8.13. The minimum Gasteiger partial charge on any atom is -0.378 e. The Labute approximate surface area is 155 Å². The summed E-state index contributed by atoms with van der Waals surface area (Å²) in [7, 11) is 0. The quantitative estimate of drug-likeness (QED) is 0.643. The van der Waals surface area contributed by atoms with Gasteiger partial charge < -0.3 is 15.0 Å². The van der Waals surface area contributed by atoms with Crippen molar-refractivity contribution in [2.45, 2.75) is 13.5 Å². The van der Waals surface area contributed by atoms with Crippen LogP contribution in [-0.2, 0) is 11.3 Å². The minimum atomic E-state index is -0.534. The van der Waals surface area contributed by atoms with Gasteiger partial charge in [0.05, 0.1) is 18.1 Å². The summed E-state index contributed by atoms with van der Waals surface area (Å²) in [5.41, 5.74) is 1.55. The van der Waals surface area contributed by atoms with Gasteiger partial charge in [-0.1, -0.05) is 12.1 Å². The Bertz CT molecular complexity index is 866. The van der Waals surface area contributed by atoms with E-state index in [1.165, 1.54) is 18.2 Å². The van der Waals surface area contributed by atoms with Gasteiger partial charge in [0.15, 0.2) is 0 Å². The number of nitro benzene ring substituents is 1. The van der Waals surface area contributed by atoms with Crippen molar-refractivity contribution >= 4 is 17.3 Å². The van der Waals surface area contributed by atoms with Crippen molar-refractivity contribution in [3.63, 3.8) is 0 Å². The lowest BCUT2D eigenvalue weighted by molar-refractivity contribution is -0.384. The maximum atomic E-state index is 13.6. The summed E-state index contributed by atoms with van der Waals surface area (Å²) in [5, 5.41) is 14.4. The zero-order valence-electron chi connectivity index (χ0n) is 14.9. The third kappa shape index (κ3) is 4.40. The van der Waals surface area contributed by atoms with Gasteiger partial charge in [0.2, 0.25) is 0 Å². The topological polar surface area (TPSA) is 84.7 Å². The molecule has 0 bridgehead atoms. The van der Waals surface area contributed by atoms with E-state index in [-0.39, 0.29) is 35.2 Å². The molecule has 8 heteroatoms. The van der Waals surface area contributed by atoms with E-state index < -0.39 is 4.92 Å². The Morgan fingerprint density at radius 2 is 2.00 bits per heavy atom. The minimum absolute atomic E-state index is 0.193. The SMILES string of the molecule is Cc1ccc(CNc2ccc(C(=O)N3CCOCC3)cc2[N+](=O)[O-])cc1F. The Hall–Kier alpha value is -3.00. The van der Waals surface area contributed by atoms with Gasteiger partial charge in [0.25, 0.3) is 11.6 Å². The van der Waals surface area contributed by atoms with Gasteiger partial charge in [-0.3, -0.25) is 14.9 Å². The first kappa shape index (κ1) is 18.8. The molecule has 0 radical (unpaired) electrons. The first-order valence-corrected chi connectivity index (χ1v) is 8.60. The molecule has 1 fully saturated rings. The molecule has 1 aliphatic heterocycles. The lowest BCUT2D eigenvalue weighted by Crippen LogP contribution is -2.40. The van der Waals surface area contributed by atoms with E-state index in [2.05, 4.69) is 5.32 Å². The van der Waals surface area contributed by atoms with Crippen molar-refractivity contribution < 1.29 is 18.8 Å². The number of benzene rings is 2. The van der Waals surface area contributed by atoms with Crippen LogP contribution in [0.2, 0.25) is 0 Å². The van der Waals surface area contributed by atoms with Crippen LogP contribution in [0.15, 0.2) is 36.4 Å². The van der Waals surface area contributed by atoms with Crippen LogP contribution >= 0.6 is 0 Å². The lowest BCUT2D eigenvalue weighted by atomic mass is 10.1. The Morgan fingerprint density at radius 3 is 2.67 bits per heavy atom. The molecule has 7 nitrogen and oxygen atoms in total. The van der Waals surface area contributed by atoms with Gasteiger partial charge in [0, 0.05) is 31.3 Å². The number of hydrogen-bond donors (Lipinski definition) is 1. The monoisotopic (exact) mass is 373 g/mol. The number of carbonyl (C=O) groups is 1. The van der Waals surface area contributed by atoms with Crippen LogP contribution in [0, 0.1) is 22.9 Å². The normalized spacial score (nSPS) is 14.1. The van der Waals surface area contributed by atoms with Gasteiger partial charge in [0.1, 0.15) is 11.5 Å². The highest BCUT2D eigenvalue weighted by Crippen LogP contribution is 2.27. The second-order valence-corrected chi connectivity index (χ2v) is 6.33. The maximum Gasteiger partial charge on any atom is 0.293 e. The highest BCUT2D eigenvalue weighted by molar-refractivity contribution is 5.95. The smallest absolute Gasteiger partial charge is 0.293 e. The Kier molecular flexibility index (Phi) is 5.66. The van der Waals surface area contributed by atoms with Crippen molar-refractivity contribution in [1.29, 1.82) is 0 Å². The number of anilines is 1. The van der Waals surface area contributed by atoms with Crippen molar-refractivity contribution in [1.82, 2.24) is 4.90 Å². The summed E-state index contributed by atoms with van der Waals surface area (Å²) in [6.45, 7) is 3.74. The number of aryl methyl sites for hydroxylation is 1. The third-order valence-corrected chi connectivity index (χ3v) is 4.46. The van der Waals surface area contributed by atoms with E-state index >= 15 is 0 Å². The summed E-state index contributed by atoms with van der Waals surface area (Å²) >= 11 is 0. The lowest BCUT2D eigenvalue weighted by Gasteiger charge is -2.26. The summed E-state index contributed by atoms with van der Waals surface area (Å²) in [6.07, 6.45) is 0. The first-order valence-electron chi connectivity index (χ1n) is 8.60. The molecular weight excluding hydrogens is 353 g/mol. The van der Waals surface area contributed by atoms with Crippen molar-refractivity contribution in [3.8, 4) is 0 Å². The molecule has 3 rings (SSSR count). The maximum absolute atomic E-state index is 13.6. The molecule has 0 saturated carbocycles. The molecule has 0 unspecified atom stereocenters. The number of morpholine rings is 1. The van der Waals surface area contributed by atoms with E-state index in [4.69, 9.17) is 4.74 Å². The van der Waals surface area contributed by atoms with Crippen molar-refractivity contribution in [2.75, 3.05) is 31.6 Å². The molecule has 2 aromatic carbocycles. The number of amides is 1. The van der Waals surface area contributed by atoms with Gasteiger partial charge in [-0.15, -0.1) is 0 Å². The number of carbonyl (C=O) groups excluding carboxylic acids is 1. The highest BCUT2D eigenvalue weighted by Gasteiger charge is 2.22. The van der Waals surface area contributed by atoms with E-state index in [0.717, 1.165) is 0 Å². The molecule has 1 heterocycles. The van der Waals surface area contributed by atoms with Crippen LogP contribution in [0.3, 0.4) is 0 Å². The van der Waals surface area contributed by atoms with E-state index in [9.17, 15) is 19.3 Å². The van der Waals surface area contributed by atoms with Gasteiger partial charge in [-0.05, 0) is 36.2 Å². The fraction of sp³-hybridized carbons (Fsp3) is 0.316. The number of ether oxygens (including phenoxy) is 1. The molecule has 0 spiro atoms. The number of halogens is 1. The number of hydrogen-bond acceptors (Lipinski definition) is 5. The molecule has 142 valence electrons. The summed E-state index contributed by atoms with van der Waals surface area (Å²) < 4.78 is 18.9. The number of rotatable bonds is 5. The Balaban J connectivity index is 1.78. The van der Waals surface area contributed by atoms with Gasteiger partial charge >= 0.3 is 0 Å². The first-order chi connectivity index (χ1) is 13.0. The number of nitro groups is 1. The molecule has 0 aliphatic carbocycles. The predicted octanol–water partition coefficient (Wildman–Crippen LogP) is 3.13. The average Bonchev–Trinajstić information content (AvgIpc) is 2.69. The van der Waals surface area contributed by atoms with Crippen molar-refractivity contribution in [2.24, 2.45) is 0 Å². The summed E-state index contributed by atoms with van der Waals surface area (Å²) in [4.78, 5) is 25.0. The molecule has 1 amide bonds. The average molecular weight is 373 g/mol. The van der Waals surface area contributed by atoms with Crippen LogP contribution < -0.4 is 5.32 Å². The van der Waals surface area contributed by atoms with Crippen LogP contribution in [0.25, 0.3) is 0 Å². The fourth-order valence-electron chi connectivity index (χ4n) is 2.86. The fourth-order valence-corrected chi connectivity index (χ4v) is 2.86. The van der Waals surface area contributed by atoms with Gasteiger partial charge in [-0.25, -0.2) is 4.39 Å². The van der Waals surface area contributed by atoms with Crippen molar-refractivity contribution in [3.05, 3.63) is 69.0 Å². The number of nitrogens with zero attached hydrogens (tertiary/aromatic N) is 2. The zero-order chi connectivity index (χ0) is 19.4. The molecule has 1 saturated heterocycles. The molecular formula is C19H20FN3O4. The van der Waals surface area contributed by atoms with E-state index in [1.807, 2.05) is 0 Å². The van der Waals surface area contributed by atoms with Crippen LogP contribution in [0.1, 0.15) is 21.5 Å². The molecule has 0 atom stereocenters. The van der Waals surface area contributed by atoms with E-state index in [1.54, 1.807) is 30.0 Å². The standard InChI is InChI=1S/C19H20FN3O4/c1-13-2-3-14(10-16(13)20)12-21-17-5-4-15(11-18(17)23(25)26)19(24)22-6-8-27-9-7-22/h2-5,10-11,21H,6-9,12H2,1H3. The van der Waals surface area contributed by atoms with Crippen LogP contribution in [0.5, 0.6) is 0 Å². The largest absolute Gasteiger partial charge is 0.378 e. The zero-order valence-corrected chi connectivity index (χ0v) is 14.9. The summed E-state index contributed by atoms with van der Waals surface area (Å²) in [6, 6.07) is 9.15.